The van der Waals surface area contributed by atoms with E-state index in [9.17, 15) is 0 Å². The van der Waals surface area contributed by atoms with Gasteiger partial charge in [0, 0.05) is 9.64 Å². The first-order valence-corrected chi connectivity index (χ1v) is 7.34. The minimum Gasteiger partial charge on any atom is -0.364 e. The van der Waals surface area contributed by atoms with Crippen LogP contribution in [0.1, 0.15) is 11.3 Å². The fraction of sp³-hybridized carbons (Fsp3) is 0. The molecule has 98 valence electrons. The van der Waals surface area contributed by atoms with E-state index in [1.54, 1.807) is 6.26 Å². The van der Waals surface area contributed by atoms with E-state index >= 15 is 0 Å². The van der Waals surface area contributed by atoms with Gasteiger partial charge in [-0.25, -0.2) is 0 Å². The van der Waals surface area contributed by atoms with Crippen LogP contribution in [0.3, 0.4) is 0 Å². The lowest BCUT2D eigenvalue weighted by molar-refractivity contribution is 0.418. The maximum atomic E-state index is 4.81. The molecule has 0 aliphatic rings. The van der Waals surface area contributed by atoms with E-state index < -0.39 is 0 Å². The monoisotopic (exact) mass is 373 g/mol. The number of halogens is 1. The van der Waals surface area contributed by atoms with Gasteiger partial charge < -0.3 is 4.52 Å². The maximum Gasteiger partial charge on any atom is 0.124 e. The predicted octanol–water partition coefficient (Wildman–Crippen LogP) is 5.12. The van der Waals surface area contributed by atoms with Crippen molar-refractivity contribution in [3.05, 3.63) is 75.7 Å². The average molecular weight is 373 g/mol. The van der Waals surface area contributed by atoms with E-state index in [4.69, 9.17) is 4.52 Å². The second kappa shape index (κ2) is 6.05. The van der Waals surface area contributed by atoms with Crippen LogP contribution in [0.5, 0.6) is 0 Å². The third kappa shape index (κ3) is 2.99. The van der Waals surface area contributed by atoms with Gasteiger partial charge in [0.2, 0.25) is 0 Å². The first kappa shape index (κ1) is 13.1. The van der Waals surface area contributed by atoms with Crippen molar-refractivity contribution < 1.29 is 4.52 Å². The van der Waals surface area contributed by atoms with Gasteiger partial charge in [0.25, 0.3) is 0 Å². The minimum atomic E-state index is 0.824. The number of hydrogen-bond donors (Lipinski definition) is 0. The molecule has 0 fully saturated rings. The highest BCUT2D eigenvalue weighted by atomic mass is 127. The Morgan fingerprint density at radius 2 is 1.80 bits per heavy atom. The zero-order chi connectivity index (χ0) is 13.8. The summed E-state index contributed by atoms with van der Waals surface area (Å²) < 4.78 is 6.06. The molecule has 3 heteroatoms. The highest BCUT2D eigenvalue weighted by Crippen LogP contribution is 2.26. The molecule has 0 aliphatic carbocycles. The van der Waals surface area contributed by atoms with Crippen LogP contribution in [-0.4, -0.2) is 5.16 Å². The molecular weight excluding hydrogens is 361 g/mol. The Morgan fingerprint density at radius 1 is 0.950 bits per heavy atom. The fourth-order valence-corrected chi connectivity index (χ4v) is 2.62. The Kier molecular flexibility index (Phi) is 3.97. The summed E-state index contributed by atoms with van der Waals surface area (Å²) in [5.41, 5.74) is 4.44. The molecule has 2 nitrogen and oxygen atoms in total. The molecule has 0 saturated heterocycles. The van der Waals surface area contributed by atoms with Gasteiger partial charge in [-0.2, -0.15) is 0 Å². The molecule has 3 rings (SSSR count). The SMILES string of the molecule is Ic1ccc(C=Cc2ccon2)cc1-c1ccccc1. The molecule has 0 bridgehead atoms. The fourth-order valence-electron chi connectivity index (χ4n) is 1.97. The summed E-state index contributed by atoms with van der Waals surface area (Å²) in [7, 11) is 0. The van der Waals surface area contributed by atoms with Gasteiger partial charge in [-0.3, -0.25) is 0 Å². The average Bonchev–Trinajstić information content (AvgIpc) is 3.01. The van der Waals surface area contributed by atoms with E-state index in [1.165, 1.54) is 14.7 Å². The summed E-state index contributed by atoms with van der Waals surface area (Å²) in [5, 5.41) is 3.87. The van der Waals surface area contributed by atoms with Crippen LogP contribution >= 0.6 is 22.6 Å². The molecule has 2 aromatic carbocycles. The summed E-state index contributed by atoms with van der Waals surface area (Å²) >= 11 is 2.37. The van der Waals surface area contributed by atoms with Crippen molar-refractivity contribution in [3.8, 4) is 11.1 Å². The summed E-state index contributed by atoms with van der Waals surface area (Å²) in [4.78, 5) is 0. The van der Waals surface area contributed by atoms with Crippen molar-refractivity contribution in [2.24, 2.45) is 0 Å². The van der Waals surface area contributed by atoms with Gasteiger partial charge in [0.15, 0.2) is 0 Å². The molecule has 0 radical (unpaired) electrons. The topological polar surface area (TPSA) is 26.0 Å². The van der Waals surface area contributed by atoms with E-state index in [-0.39, 0.29) is 0 Å². The molecule has 0 unspecified atom stereocenters. The number of nitrogens with zero attached hydrogens (tertiary/aromatic N) is 1. The minimum absolute atomic E-state index is 0.824. The Bertz CT molecular complexity index is 718. The summed E-state index contributed by atoms with van der Waals surface area (Å²) in [6.45, 7) is 0. The molecule has 20 heavy (non-hydrogen) atoms. The van der Waals surface area contributed by atoms with E-state index in [0.29, 0.717) is 0 Å². The lowest BCUT2D eigenvalue weighted by Gasteiger charge is -2.06. The second-order valence-electron chi connectivity index (χ2n) is 4.36. The third-order valence-corrected chi connectivity index (χ3v) is 3.92. The smallest absolute Gasteiger partial charge is 0.124 e. The van der Waals surface area contributed by atoms with Crippen molar-refractivity contribution in [1.82, 2.24) is 5.16 Å². The van der Waals surface area contributed by atoms with Gasteiger partial charge in [0.1, 0.15) is 12.0 Å². The molecule has 3 aromatic rings. The quantitative estimate of drug-likeness (QED) is 0.596. The molecular formula is C17H12INO. The molecule has 0 aliphatic heterocycles. The van der Waals surface area contributed by atoms with Crippen molar-refractivity contribution >= 4 is 34.7 Å². The zero-order valence-electron chi connectivity index (χ0n) is 10.7. The van der Waals surface area contributed by atoms with E-state index in [0.717, 1.165) is 11.3 Å². The Hall–Kier alpha value is -1.88. The van der Waals surface area contributed by atoms with Gasteiger partial charge in [-0.05, 0) is 57.5 Å². The number of benzene rings is 2. The Balaban J connectivity index is 1.95. The molecule has 0 atom stereocenters. The van der Waals surface area contributed by atoms with Crippen LogP contribution < -0.4 is 0 Å². The summed E-state index contributed by atoms with van der Waals surface area (Å²) in [6, 6.07) is 18.7. The lowest BCUT2D eigenvalue weighted by Crippen LogP contribution is -1.84. The lowest BCUT2D eigenvalue weighted by atomic mass is 10.0. The summed E-state index contributed by atoms with van der Waals surface area (Å²) in [5.74, 6) is 0. The standard InChI is InChI=1S/C17H12INO/c18-17-9-7-13(6-8-15-10-11-20-19-15)12-16(17)14-4-2-1-3-5-14/h1-12H. The second-order valence-corrected chi connectivity index (χ2v) is 5.53. The first-order chi connectivity index (χ1) is 9.83. The molecule has 0 amide bonds. The van der Waals surface area contributed by atoms with Gasteiger partial charge in [-0.15, -0.1) is 0 Å². The molecule has 0 N–H and O–H groups in total. The van der Waals surface area contributed by atoms with E-state index in [1.807, 2.05) is 24.3 Å². The van der Waals surface area contributed by atoms with Crippen molar-refractivity contribution in [2.45, 2.75) is 0 Å². The number of aromatic nitrogens is 1. The van der Waals surface area contributed by atoms with E-state index in [2.05, 4.69) is 70.2 Å². The van der Waals surface area contributed by atoms with Crippen molar-refractivity contribution in [2.75, 3.05) is 0 Å². The third-order valence-electron chi connectivity index (χ3n) is 2.98. The number of rotatable bonds is 3. The van der Waals surface area contributed by atoms with Crippen molar-refractivity contribution in [1.29, 1.82) is 0 Å². The Morgan fingerprint density at radius 3 is 2.55 bits per heavy atom. The van der Waals surface area contributed by atoms with Crippen molar-refractivity contribution in [3.63, 3.8) is 0 Å². The van der Waals surface area contributed by atoms with Gasteiger partial charge >= 0.3 is 0 Å². The first-order valence-electron chi connectivity index (χ1n) is 6.26. The molecule has 0 saturated carbocycles. The predicted molar refractivity (Wildman–Crippen MR) is 90.0 cm³/mol. The maximum absolute atomic E-state index is 4.81. The van der Waals surface area contributed by atoms with Crippen LogP contribution in [0.4, 0.5) is 0 Å². The zero-order valence-corrected chi connectivity index (χ0v) is 12.8. The highest BCUT2D eigenvalue weighted by molar-refractivity contribution is 14.1. The normalized spacial score (nSPS) is 11.1. The largest absolute Gasteiger partial charge is 0.364 e. The molecule has 1 heterocycles. The number of hydrogen-bond acceptors (Lipinski definition) is 2. The van der Waals surface area contributed by atoms with Gasteiger partial charge in [-0.1, -0.05) is 47.6 Å². The van der Waals surface area contributed by atoms with Crippen LogP contribution in [0.25, 0.3) is 23.3 Å². The van der Waals surface area contributed by atoms with Gasteiger partial charge in [0.05, 0.1) is 0 Å². The Labute approximate surface area is 131 Å². The van der Waals surface area contributed by atoms with Crippen LogP contribution in [0.2, 0.25) is 0 Å². The van der Waals surface area contributed by atoms with Crippen LogP contribution in [0, 0.1) is 3.57 Å². The van der Waals surface area contributed by atoms with Crippen LogP contribution in [0.15, 0.2) is 65.4 Å². The molecule has 1 aromatic heterocycles. The molecule has 0 spiro atoms. The van der Waals surface area contributed by atoms with Crippen LogP contribution in [-0.2, 0) is 0 Å². The summed E-state index contributed by atoms with van der Waals surface area (Å²) in [6.07, 6.45) is 5.56. The highest BCUT2D eigenvalue weighted by Gasteiger charge is 2.03.